The first kappa shape index (κ1) is 17.9. The van der Waals surface area contributed by atoms with Crippen LogP contribution in [0.3, 0.4) is 0 Å². The van der Waals surface area contributed by atoms with E-state index in [1.807, 2.05) is 32.0 Å². The molecule has 6 heteroatoms. The molecule has 2 N–H and O–H groups in total. The minimum absolute atomic E-state index is 0.124. The molecular weight excluding hydrogens is 340 g/mol. The summed E-state index contributed by atoms with van der Waals surface area (Å²) in [7, 11) is 0. The normalized spacial score (nSPS) is 22.5. The molecule has 2 aromatic rings. The van der Waals surface area contributed by atoms with E-state index in [1.165, 1.54) is 5.56 Å². The molecule has 2 atom stereocenters. The number of β-amino-alcohol motifs (C(OH)–C–C–N with tert-alkyl or cyclic N) is 1. The molecule has 1 saturated heterocycles. The van der Waals surface area contributed by atoms with Crippen LogP contribution in [0.5, 0.6) is 0 Å². The molecule has 1 aromatic carbocycles. The fourth-order valence-electron chi connectivity index (χ4n) is 4.02. The number of fused-ring (bicyclic) bond motifs is 1. The topological polar surface area (TPSA) is 78.3 Å². The number of hydrogen-bond donors (Lipinski definition) is 2. The van der Waals surface area contributed by atoms with E-state index in [1.54, 1.807) is 0 Å². The molecule has 0 unspecified atom stereocenters. The molecule has 6 nitrogen and oxygen atoms in total. The molecule has 2 aliphatic heterocycles. The summed E-state index contributed by atoms with van der Waals surface area (Å²) in [6, 6.07) is 10.2. The number of aliphatic hydroxyl groups is 1. The van der Waals surface area contributed by atoms with Gasteiger partial charge >= 0.3 is 0 Å². The molecule has 3 heterocycles. The van der Waals surface area contributed by atoms with Gasteiger partial charge in [-0.15, -0.1) is 0 Å². The predicted octanol–water partition coefficient (Wildman–Crippen LogP) is 2.24. The monoisotopic (exact) mass is 366 g/mol. The molecule has 1 amide bonds. The van der Waals surface area contributed by atoms with Crippen LogP contribution in [0, 0.1) is 0 Å². The third-order valence-electron chi connectivity index (χ3n) is 5.50. The quantitative estimate of drug-likeness (QED) is 0.871. The van der Waals surface area contributed by atoms with E-state index in [2.05, 4.69) is 27.3 Å². The number of benzene rings is 1. The van der Waals surface area contributed by atoms with Crippen LogP contribution in [-0.4, -0.2) is 46.7 Å². The van der Waals surface area contributed by atoms with Gasteiger partial charge in [-0.1, -0.05) is 44.2 Å². The van der Waals surface area contributed by atoms with Crippen molar-refractivity contribution in [2.24, 2.45) is 0 Å². The lowest BCUT2D eigenvalue weighted by molar-refractivity contribution is 0.0940. The molecule has 1 aromatic heterocycles. The Kier molecular flexibility index (Phi) is 4.83. The highest BCUT2D eigenvalue weighted by Gasteiger charge is 2.33. The van der Waals surface area contributed by atoms with Gasteiger partial charge in [0.05, 0.1) is 6.10 Å². The number of nitrogens with one attached hydrogen (secondary N) is 1. The number of carbonyl (C=O) groups is 1. The molecule has 1 fully saturated rings. The number of aromatic nitrogens is 2. The van der Waals surface area contributed by atoms with Gasteiger partial charge in [-0.05, 0) is 18.4 Å². The highest BCUT2D eigenvalue weighted by Crippen LogP contribution is 2.33. The van der Waals surface area contributed by atoms with Crippen molar-refractivity contribution in [1.29, 1.82) is 0 Å². The van der Waals surface area contributed by atoms with Crippen LogP contribution in [-0.2, 0) is 6.42 Å². The van der Waals surface area contributed by atoms with Crippen molar-refractivity contribution in [3.8, 4) is 0 Å². The summed E-state index contributed by atoms with van der Waals surface area (Å²) in [6.45, 7) is 5.99. The zero-order chi connectivity index (χ0) is 19.0. The SMILES string of the molecule is CC(C)c1nc2c(c(N3CC[C@@H](c4ccccc4)[C@H](O)C3)n1)CCNC2=O. The number of nitrogens with zero attached hydrogens (tertiary/aromatic N) is 3. The Morgan fingerprint density at radius 2 is 2.00 bits per heavy atom. The van der Waals surface area contributed by atoms with E-state index in [4.69, 9.17) is 4.98 Å². The summed E-state index contributed by atoms with van der Waals surface area (Å²) in [5, 5.41) is 13.7. The second kappa shape index (κ2) is 7.27. The lowest BCUT2D eigenvalue weighted by Gasteiger charge is -2.38. The van der Waals surface area contributed by atoms with E-state index in [9.17, 15) is 9.90 Å². The average Bonchev–Trinajstić information content (AvgIpc) is 2.68. The Balaban J connectivity index is 1.65. The fourth-order valence-corrected chi connectivity index (χ4v) is 4.02. The van der Waals surface area contributed by atoms with E-state index in [-0.39, 0.29) is 17.7 Å². The number of aliphatic hydroxyl groups excluding tert-OH is 1. The van der Waals surface area contributed by atoms with Crippen LogP contribution >= 0.6 is 0 Å². The second-order valence-electron chi connectivity index (χ2n) is 7.71. The van der Waals surface area contributed by atoms with Crippen LogP contribution in [0.1, 0.15) is 59.5 Å². The Bertz CT molecular complexity index is 838. The summed E-state index contributed by atoms with van der Waals surface area (Å²) >= 11 is 0. The summed E-state index contributed by atoms with van der Waals surface area (Å²) in [6.07, 6.45) is 1.11. The van der Waals surface area contributed by atoms with E-state index >= 15 is 0 Å². The van der Waals surface area contributed by atoms with Crippen molar-refractivity contribution in [3.63, 3.8) is 0 Å². The highest BCUT2D eigenvalue weighted by atomic mass is 16.3. The smallest absolute Gasteiger partial charge is 0.270 e. The number of piperidine rings is 1. The van der Waals surface area contributed by atoms with Crippen LogP contribution in [0.2, 0.25) is 0 Å². The minimum atomic E-state index is -0.466. The Morgan fingerprint density at radius 1 is 1.22 bits per heavy atom. The standard InChI is InChI=1S/C21H26N4O2/c1-13(2)19-23-18-16(8-10-22-21(18)27)20(24-19)25-11-9-15(17(26)12-25)14-6-4-3-5-7-14/h3-7,13,15,17,26H,8-12H2,1-2H3,(H,22,27)/t15-,17+/m0/s1. The van der Waals surface area contributed by atoms with Crippen molar-refractivity contribution in [1.82, 2.24) is 15.3 Å². The molecule has 4 rings (SSSR count). The molecular formula is C21H26N4O2. The fraction of sp³-hybridized carbons (Fsp3) is 0.476. The third-order valence-corrected chi connectivity index (χ3v) is 5.50. The van der Waals surface area contributed by atoms with Gasteiger partial charge in [0.25, 0.3) is 5.91 Å². The van der Waals surface area contributed by atoms with Crippen LogP contribution in [0.4, 0.5) is 5.82 Å². The lowest BCUT2D eigenvalue weighted by atomic mass is 9.87. The Hall–Kier alpha value is -2.47. The maximum absolute atomic E-state index is 12.3. The van der Waals surface area contributed by atoms with E-state index in [0.717, 1.165) is 30.8 Å². The number of amides is 1. The van der Waals surface area contributed by atoms with Crippen molar-refractivity contribution < 1.29 is 9.90 Å². The predicted molar refractivity (Wildman–Crippen MR) is 104 cm³/mol. The van der Waals surface area contributed by atoms with Gasteiger partial charge in [0.2, 0.25) is 0 Å². The zero-order valence-electron chi connectivity index (χ0n) is 15.9. The molecule has 27 heavy (non-hydrogen) atoms. The first-order valence-corrected chi connectivity index (χ1v) is 9.71. The molecule has 142 valence electrons. The minimum Gasteiger partial charge on any atom is -0.391 e. The summed E-state index contributed by atoms with van der Waals surface area (Å²) in [4.78, 5) is 23.8. The van der Waals surface area contributed by atoms with Crippen molar-refractivity contribution in [3.05, 3.63) is 53.0 Å². The molecule has 0 bridgehead atoms. The first-order valence-electron chi connectivity index (χ1n) is 9.71. The van der Waals surface area contributed by atoms with Gasteiger partial charge in [0.1, 0.15) is 17.3 Å². The Morgan fingerprint density at radius 3 is 2.70 bits per heavy atom. The largest absolute Gasteiger partial charge is 0.391 e. The molecule has 0 radical (unpaired) electrons. The van der Waals surface area contributed by atoms with Crippen molar-refractivity contribution in [2.75, 3.05) is 24.5 Å². The van der Waals surface area contributed by atoms with Crippen molar-refractivity contribution >= 4 is 11.7 Å². The maximum atomic E-state index is 12.3. The number of anilines is 1. The van der Waals surface area contributed by atoms with E-state index in [0.29, 0.717) is 24.6 Å². The van der Waals surface area contributed by atoms with Gasteiger partial charge in [0, 0.05) is 37.0 Å². The number of carbonyl (C=O) groups excluding carboxylic acids is 1. The summed E-state index contributed by atoms with van der Waals surface area (Å²) in [5.74, 6) is 1.65. The average molecular weight is 366 g/mol. The number of hydrogen-bond acceptors (Lipinski definition) is 5. The van der Waals surface area contributed by atoms with Crippen LogP contribution < -0.4 is 10.2 Å². The molecule has 0 aliphatic carbocycles. The highest BCUT2D eigenvalue weighted by molar-refractivity contribution is 5.96. The second-order valence-corrected chi connectivity index (χ2v) is 7.71. The van der Waals surface area contributed by atoms with Gasteiger partial charge in [-0.3, -0.25) is 4.79 Å². The lowest BCUT2D eigenvalue weighted by Crippen LogP contribution is -2.45. The zero-order valence-corrected chi connectivity index (χ0v) is 15.9. The van der Waals surface area contributed by atoms with Crippen LogP contribution in [0.25, 0.3) is 0 Å². The van der Waals surface area contributed by atoms with Crippen LogP contribution in [0.15, 0.2) is 30.3 Å². The maximum Gasteiger partial charge on any atom is 0.270 e. The Labute approximate surface area is 159 Å². The molecule has 2 aliphatic rings. The van der Waals surface area contributed by atoms with E-state index < -0.39 is 6.10 Å². The van der Waals surface area contributed by atoms with Gasteiger partial charge in [-0.25, -0.2) is 9.97 Å². The summed E-state index contributed by atoms with van der Waals surface area (Å²) < 4.78 is 0. The summed E-state index contributed by atoms with van der Waals surface area (Å²) in [5.41, 5.74) is 2.58. The van der Waals surface area contributed by atoms with Crippen molar-refractivity contribution in [2.45, 2.75) is 44.6 Å². The molecule has 0 spiro atoms. The molecule has 0 saturated carbocycles. The third kappa shape index (κ3) is 3.41. The van der Waals surface area contributed by atoms with Gasteiger partial charge in [0.15, 0.2) is 0 Å². The van der Waals surface area contributed by atoms with Gasteiger partial charge < -0.3 is 15.3 Å². The van der Waals surface area contributed by atoms with Gasteiger partial charge in [-0.2, -0.15) is 0 Å². The first-order chi connectivity index (χ1) is 13.0. The number of rotatable bonds is 3.